The molecule has 0 bridgehead atoms. The molecule has 25 heavy (non-hydrogen) atoms. The summed E-state index contributed by atoms with van der Waals surface area (Å²) in [4.78, 5) is 22.4. The second-order valence-electron chi connectivity index (χ2n) is 6.52. The van der Waals surface area contributed by atoms with Gasteiger partial charge in [0.05, 0.1) is 10.7 Å². The number of hydrogen-bond acceptors (Lipinski definition) is 5. The number of hydrogen-bond donors (Lipinski definition) is 1. The molecule has 1 aromatic heterocycles. The second-order valence-corrected chi connectivity index (χ2v) is 7.73. The van der Waals surface area contributed by atoms with E-state index in [9.17, 15) is 4.79 Å². The van der Waals surface area contributed by atoms with Gasteiger partial charge in [-0.2, -0.15) is 0 Å². The number of nitrogens with one attached hydrogen (secondary N) is 1. The Morgan fingerprint density at radius 1 is 1.20 bits per heavy atom. The molecule has 0 atom stereocenters. The van der Waals surface area contributed by atoms with Crippen molar-refractivity contribution in [1.82, 2.24) is 9.88 Å². The fourth-order valence-corrected chi connectivity index (χ4v) is 4.04. The third-order valence-corrected chi connectivity index (χ3v) is 5.82. The highest BCUT2D eigenvalue weighted by Crippen LogP contribution is 2.25. The number of anilines is 2. The van der Waals surface area contributed by atoms with Crippen molar-refractivity contribution in [1.29, 1.82) is 0 Å². The Hall–Kier alpha value is -1.92. The van der Waals surface area contributed by atoms with Gasteiger partial charge in [-0.3, -0.25) is 4.79 Å². The first-order chi connectivity index (χ1) is 12.0. The molecule has 3 rings (SSSR count). The van der Waals surface area contributed by atoms with E-state index in [0.29, 0.717) is 4.88 Å². The van der Waals surface area contributed by atoms with Crippen LogP contribution in [0.3, 0.4) is 0 Å². The number of benzene rings is 1. The molecular formula is C19H26N4OS. The SMILES string of the molecule is CCN1CCN(c2ccc(NC(=O)c3sc(C)nc3C)c(C)c2)CC1. The van der Waals surface area contributed by atoms with E-state index in [1.807, 2.05) is 26.8 Å². The Kier molecular flexibility index (Phi) is 5.39. The van der Waals surface area contributed by atoms with Crippen LogP contribution in [0.1, 0.15) is 32.9 Å². The van der Waals surface area contributed by atoms with Gasteiger partial charge in [0, 0.05) is 37.6 Å². The predicted molar refractivity (Wildman–Crippen MR) is 105 cm³/mol. The maximum atomic E-state index is 12.5. The van der Waals surface area contributed by atoms with E-state index in [0.717, 1.165) is 54.7 Å². The lowest BCUT2D eigenvalue weighted by molar-refractivity contribution is 0.102. The molecule has 0 unspecified atom stereocenters. The zero-order chi connectivity index (χ0) is 18.0. The topological polar surface area (TPSA) is 48.5 Å². The van der Waals surface area contributed by atoms with Gasteiger partial charge < -0.3 is 15.1 Å². The lowest BCUT2D eigenvalue weighted by Gasteiger charge is -2.35. The van der Waals surface area contributed by atoms with E-state index in [2.05, 4.69) is 39.2 Å². The minimum Gasteiger partial charge on any atom is -0.369 e. The van der Waals surface area contributed by atoms with Crippen LogP contribution in [0, 0.1) is 20.8 Å². The second kappa shape index (κ2) is 7.54. The van der Waals surface area contributed by atoms with Crippen LogP contribution in [0.15, 0.2) is 18.2 Å². The van der Waals surface area contributed by atoms with Crippen LogP contribution in [-0.4, -0.2) is 48.5 Å². The number of aryl methyl sites for hydroxylation is 3. The summed E-state index contributed by atoms with van der Waals surface area (Å²) in [6, 6.07) is 6.29. The van der Waals surface area contributed by atoms with Gasteiger partial charge in [-0.1, -0.05) is 6.92 Å². The predicted octanol–water partition coefficient (Wildman–Crippen LogP) is 3.46. The first-order valence-corrected chi connectivity index (χ1v) is 9.63. The maximum Gasteiger partial charge on any atom is 0.267 e. The number of nitrogens with zero attached hydrogens (tertiary/aromatic N) is 3. The highest BCUT2D eigenvalue weighted by molar-refractivity contribution is 7.13. The lowest BCUT2D eigenvalue weighted by atomic mass is 10.1. The number of piperazine rings is 1. The van der Waals surface area contributed by atoms with Gasteiger partial charge >= 0.3 is 0 Å². The van der Waals surface area contributed by atoms with Crippen molar-refractivity contribution in [3.8, 4) is 0 Å². The average molecular weight is 359 g/mol. The van der Waals surface area contributed by atoms with E-state index in [1.54, 1.807) is 0 Å². The van der Waals surface area contributed by atoms with Gasteiger partial charge in [0.15, 0.2) is 0 Å². The summed E-state index contributed by atoms with van der Waals surface area (Å²) in [5.41, 5.74) is 3.98. The Morgan fingerprint density at radius 2 is 1.92 bits per heavy atom. The van der Waals surface area contributed by atoms with Crippen LogP contribution in [0.2, 0.25) is 0 Å². The Balaban J connectivity index is 1.70. The van der Waals surface area contributed by atoms with Crippen molar-refractivity contribution >= 4 is 28.6 Å². The largest absolute Gasteiger partial charge is 0.369 e. The molecule has 0 aliphatic carbocycles. The van der Waals surface area contributed by atoms with E-state index in [4.69, 9.17) is 0 Å². The van der Waals surface area contributed by atoms with Crippen molar-refractivity contribution in [2.24, 2.45) is 0 Å². The number of carbonyl (C=O) groups excluding carboxylic acids is 1. The molecule has 1 aliphatic heterocycles. The van der Waals surface area contributed by atoms with E-state index < -0.39 is 0 Å². The standard InChI is InChI=1S/C19H26N4OS/c1-5-22-8-10-23(11-9-22)16-6-7-17(13(2)12-16)21-19(24)18-14(3)20-15(4)25-18/h6-7,12H,5,8-11H2,1-4H3,(H,21,24). The number of amides is 1. The lowest BCUT2D eigenvalue weighted by Crippen LogP contribution is -2.46. The Morgan fingerprint density at radius 3 is 2.48 bits per heavy atom. The molecule has 1 fully saturated rings. The third-order valence-electron chi connectivity index (χ3n) is 4.75. The number of thiazole rings is 1. The highest BCUT2D eigenvalue weighted by Gasteiger charge is 2.18. The molecule has 2 heterocycles. The molecule has 134 valence electrons. The first-order valence-electron chi connectivity index (χ1n) is 8.81. The van der Waals surface area contributed by atoms with E-state index >= 15 is 0 Å². The van der Waals surface area contributed by atoms with Crippen LogP contribution in [-0.2, 0) is 0 Å². The molecular weight excluding hydrogens is 332 g/mol. The van der Waals surface area contributed by atoms with E-state index in [1.165, 1.54) is 17.0 Å². The molecule has 1 aliphatic rings. The van der Waals surface area contributed by atoms with Gasteiger partial charge in [-0.25, -0.2) is 4.98 Å². The van der Waals surface area contributed by atoms with Crippen molar-refractivity contribution in [2.75, 3.05) is 42.9 Å². The average Bonchev–Trinajstić information content (AvgIpc) is 2.95. The summed E-state index contributed by atoms with van der Waals surface area (Å²) in [6.07, 6.45) is 0. The van der Waals surface area contributed by atoms with Gasteiger partial charge in [-0.05, 0) is 51.1 Å². The Labute approximate surface area is 153 Å². The highest BCUT2D eigenvalue weighted by atomic mass is 32.1. The zero-order valence-corrected chi connectivity index (χ0v) is 16.2. The molecule has 1 amide bonds. The number of rotatable bonds is 4. The number of carbonyl (C=O) groups is 1. The fourth-order valence-electron chi connectivity index (χ4n) is 3.23. The Bertz CT molecular complexity index is 763. The van der Waals surface area contributed by atoms with Crippen LogP contribution >= 0.6 is 11.3 Å². The van der Waals surface area contributed by atoms with Crippen LogP contribution < -0.4 is 10.2 Å². The van der Waals surface area contributed by atoms with Crippen molar-refractivity contribution in [3.05, 3.63) is 39.3 Å². The van der Waals surface area contributed by atoms with Gasteiger partial charge in [0.1, 0.15) is 4.88 Å². The maximum absolute atomic E-state index is 12.5. The summed E-state index contributed by atoms with van der Waals surface area (Å²) in [5, 5.41) is 3.95. The number of likely N-dealkylation sites (N-methyl/N-ethyl adjacent to an activating group) is 1. The molecule has 1 N–H and O–H groups in total. The summed E-state index contributed by atoms with van der Waals surface area (Å²) in [5.74, 6) is -0.0736. The molecule has 0 spiro atoms. The third kappa shape index (κ3) is 4.02. The summed E-state index contributed by atoms with van der Waals surface area (Å²) >= 11 is 1.44. The molecule has 1 saturated heterocycles. The molecule has 2 aromatic rings. The summed E-state index contributed by atoms with van der Waals surface area (Å²) in [7, 11) is 0. The molecule has 5 nitrogen and oxygen atoms in total. The normalized spacial score (nSPS) is 15.4. The minimum atomic E-state index is -0.0736. The number of aromatic nitrogens is 1. The molecule has 0 radical (unpaired) electrons. The minimum absolute atomic E-state index is 0.0736. The molecule has 0 saturated carbocycles. The summed E-state index contributed by atoms with van der Waals surface area (Å²) in [6.45, 7) is 13.5. The molecule has 1 aromatic carbocycles. The van der Waals surface area contributed by atoms with Gasteiger partial charge in [0.25, 0.3) is 5.91 Å². The van der Waals surface area contributed by atoms with E-state index in [-0.39, 0.29) is 5.91 Å². The van der Waals surface area contributed by atoms with Crippen LogP contribution in [0.5, 0.6) is 0 Å². The van der Waals surface area contributed by atoms with Crippen molar-refractivity contribution in [2.45, 2.75) is 27.7 Å². The first kappa shape index (κ1) is 17.9. The monoisotopic (exact) mass is 358 g/mol. The van der Waals surface area contributed by atoms with Gasteiger partial charge in [-0.15, -0.1) is 11.3 Å². The van der Waals surface area contributed by atoms with Crippen LogP contribution in [0.4, 0.5) is 11.4 Å². The van der Waals surface area contributed by atoms with Gasteiger partial charge in [0.2, 0.25) is 0 Å². The van der Waals surface area contributed by atoms with Crippen molar-refractivity contribution < 1.29 is 4.79 Å². The quantitative estimate of drug-likeness (QED) is 0.909. The molecule has 6 heteroatoms. The van der Waals surface area contributed by atoms with Crippen molar-refractivity contribution in [3.63, 3.8) is 0 Å². The fraction of sp³-hybridized carbons (Fsp3) is 0.474. The zero-order valence-electron chi connectivity index (χ0n) is 15.4. The van der Waals surface area contributed by atoms with Crippen LogP contribution in [0.25, 0.3) is 0 Å². The summed E-state index contributed by atoms with van der Waals surface area (Å²) < 4.78 is 0. The smallest absolute Gasteiger partial charge is 0.267 e.